The van der Waals surface area contributed by atoms with Crippen LogP contribution in [0.2, 0.25) is 0 Å². The first kappa shape index (κ1) is 16.8. The summed E-state index contributed by atoms with van der Waals surface area (Å²) in [6, 6.07) is 5.38. The van der Waals surface area contributed by atoms with E-state index in [0.717, 1.165) is 25.3 Å². The maximum atomic E-state index is 13.0. The van der Waals surface area contributed by atoms with Crippen molar-refractivity contribution in [2.24, 2.45) is 11.7 Å². The molecule has 1 aromatic carbocycles. The molecule has 0 radical (unpaired) electrons. The molecular formula is C16H21F3N2O. The molecule has 3 nitrogen and oxygen atoms in total. The van der Waals surface area contributed by atoms with E-state index in [4.69, 9.17) is 5.73 Å². The minimum Gasteiger partial charge on any atom is -0.341 e. The van der Waals surface area contributed by atoms with Crippen LogP contribution in [0.3, 0.4) is 0 Å². The molecular weight excluding hydrogens is 293 g/mol. The lowest BCUT2D eigenvalue weighted by atomic mass is 9.99. The Hall–Kier alpha value is -1.56. The van der Waals surface area contributed by atoms with E-state index >= 15 is 0 Å². The molecule has 6 heteroatoms. The van der Waals surface area contributed by atoms with Crippen molar-refractivity contribution in [3.63, 3.8) is 0 Å². The molecule has 2 rings (SSSR count). The van der Waals surface area contributed by atoms with Gasteiger partial charge in [0.2, 0.25) is 5.91 Å². The van der Waals surface area contributed by atoms with Gasteiger partial charge in [-0.25, -0.2) is 0 Å². The van der Waals surface area contributed by atoms with Crippen LogP contribution in [0.1, 0.15) is 36.8 Å². The molecule has 0 aromatic heterocycles. The number of carbonyl (C=O) groups is 1. The van der Waals surface area contributed by atoms with Gasteiger partial charge in [0, 0.05) is 26.1 Å². The van der Waals surface area contributed by atoms with Crippen molar-refractivity contribution in [1.29, 1.82) is 0 Å². The van der Waals surface area contributed by atoms with E-state index in [1.54, 1.807) is 6.07 Å². The summed E-state index contributed by atoms with van der Waals surface area (Å²) in [6.45, 7) is -0.0452. The number of hydrogen-bond donors (Lipinski definition) is 1. The molecule has 22 heavy (non-hydrogen) atoms. The van der Waals surface area contributed by atoms with E-state index in [1.165, 1.54) is 24.1 Å². The smallest absolute Gasteiger partial charge is 0.341 e. The van der Waals surface area contributed by atoms with Crippen LogP contribution in [-0.2, 0) is 17.5 Å². The summed E-state index contributed by atoms with van der Waals surface area (Å²) >= 11 is 0. The topological polar surface area (TPSA) is 46.3 Å². The predicted octanol–water partition coefficient (Wildman–Crippen LogP) is 3.18. The van der Waals surface area contributed by atoms with Crippen molar-refractivity contribution < 1.29 is 18.0 Å². The molecule has 1 aromatic rings. The first-order valence-electron chi connectivity index (χ1n) is 7.43. The molecule has 122 valence electrons. The van der Waals surface area contributed by atoms with Gasteiger partial charge in [0.25, 0.3) is 0 Å². The lowest BCUT2D eigenvalue weighted by Crippen LogP contribution is -2.33. The van der Waals surface area contributed by atoms with Gasteiger partial charge in [-0.3, -0.25) is 4.79 Å². The summed E-state index contributed by atoms with van der Waals surface area (Å²) < 4.78 is 38.9. The Morgan fingerprint density at radius 3 is 2.59 bits per heavy atom. The third-order valence-electron chi connectivity index (χ3n) is 4.31. The molecule has 0 unspecified atom stereocenters. The Kier molecular flexibility index (Phi) is 5.11. The fourth-order valence-corrected chi connectivity index (χ4v) is 2.98. The predicted molar refractivity (Wildman–Crippen MR) is 77.9 cm³/mol. The second-order valence-corrected chi connectivity index (χ2v) is 5.96. The van der Waals surface area contributed by atoms with Crippen LogP contribution in [0.15, 0.2) is 24.3 Å². The van der Waals surface area contributed by atoms with Crippen molar-refractivity contribution >= 4 is 5.91 Å². The van der Waals surface area contributed by atoms with E-state index in [-0.39, 0.29) is 30.0 Å². The Morgan fingerprint density at radius 1 is 1.32 bits per heavy atom. The van der Waals surface area contributed by atoms with Crippen LogP contribution >= 0.6 is 0 Å². The number of carbonyl (C=O) groups excluding carboxylic acids is 1. The van der Waals surface area contributed by atoms with E-state index in [0.29, 0.717) is 6.42 Å². The number of nitrogens with zero attached hydrogens (tertiary/aromatic N) is 1. The third-order valence-corrected chi connectivity index (χ3v) is 4.31. The highest BCUT2D eigenvalue weighted by atomic mass is 19.4. The van der Waals surface area contributed by atoms with Gasteiger partial charge in [0.05, 0.1) is 5.56 Å². The van der Waals surface area contributed by atoms with Gasteiger partial charge in [0.15, 0.2) is 0 Å². The number of hydrogen-bond acceptors (Lipinski definition) is 2. The first-order chi connectivity index (χ1) is 10.3. The van der Waals surface area contributed by atoms with Crippen molar-refractivity contribution in [3.8, 4) is 0 Å². The average Bonchev–Trinajstić information content (AvgIpc) is 2.83. The fraction of sp³-hybridized carbons (Fsp3) is 0.562. The molecule has 2 atom stereocenters. The van der Waals surface area contributed by atoms with Gasteiger partial charge >= 0.3 is 6.18 Å². The lowest BCUT2D eigenvalue weighted by Gasteiger charge is -2.23. The molecule has 0 heterocycles. The zero-order valence-electron chi connectivity index (χ0n) is 12.6. The molecule has 0 bridgehead atoms. The Labute approximate surface area is 128 Å². The molecule has 1 aliphatic rings. The third kappa shape index (κ3) is 4.00. The number of alkyl halides is 3. The zero-order valence-corrected chi connectivity index (χ0v) is 12.6. The number of rotatable bonds is 4. The van der Waals surface area contributed by atoms with Crippen molar-refractivity contribution in [3.05, 3.63) is 35.4 Å². The van der Waals surface area contributed by atoms with Gasteiger partial charge in [-0.1, -0.05) is 24.6 Å². The number of benzene rings is 1. The Morgan fingerprint density at radius 2 is 2.00 bits per heavy atom. The van der Waals surface area contributed by atoms with Crippen molar-refractivity contribution in [2.45, 2.75) is 44.4 Å². The van der Waals surface area contributed by atoms with E-state index in [2.05, 4.69) is 0 Å². The first-order valence-corrected chi connectivity index (χ1v) is 7.43. The van der Waals surface area contributed by atoms with Gasteiger partial charge in [-0.2, -0.15) is 13.2 Å². The minimum absolute atomic E-state index is 0.0276. The van der Waals surface area contributed by atoms with Crippen LogP contribution in [0.4, 0.5) is 13.2 Å². The summed E-state index contributed by atoms with van der Waals surface area (Å²) in [6.07, 6.45) is -1.25. The normalized spacial score (nSPS) is 21.9. The molecule has 0 saturated heterocycles. The summed E-state index contributed by atoms with van der Waals surface area (Å²) in [5, 5.41) is 0. The molecule has 1 aliphatic carbocycles. The second kappa shape index (κ2) is 6.69. The highest BCUT2D eigenvalue weighted by Crippen LogP contribution is 2.32. The standard InChI is InChI=1S/C16H21F3N2O/c1-21(15(22)9-11-6-4-8-14(11)20)10-12-5-2-3-7-13(12)16(17,18)19/h2-3,5,7,11,14H,4,6,8-10,20H2,1H3/t11-,14+/m0/s1. The van der Waals surface area contributed by atoms with Crippen LogP contribution in [0.25, 0.3) is 0 Å². The number of amides is 1. The molecule has 1 fully saturated rings. The molecule has 2 N–H and O–H groups in total. The highest BCUT2D eigenvalue weighted by Gasteiger charge is 2.33. The largest absolute Gasteiger partial charge is 0.416 e. The fourth-order valence-electron chi connectivity index (χ4n) is 2.98. The van der Waals surface area contributed by atoms with Crippen LogP contribution in [-0.4, -0.2) is 23.9 Å². The SMILES string of the molecule is CN(Cc1ccccc1C(F)(F)F)C(=O)C[C@@H]1CCC[C@H]1N. The summed E-state index contributed by atoms with van der Waals surface area (Å²) in [5.74, 6) is -0.00728. The minimum atomic E-state index is -4.41. The molecule has 0 spiro atoms. The summed E-state index contributed by atoms with van der Waals surface area (Å²) in [4.78, 5) is 13.6. The van der Waals surface area contributed by atoms with E-state index < -0.39 is 11.7 Å². The van der Waals surface area contributed by atoms with Gasteiger partial charge < -0.3 is 10.6 Å². The van der Waals surface area contributed by atoms with Crippen LogP contribution in [0, 0.1) is 5.92 Å². The molecule has 0 aliphatic heterocycles. The molecule has 1 saturated carbocycles. The maximum Gasteiger partial charge on any atom is 0.416 e. The van der Waals surface area contributed by atoms with Gasteiger partial charge in [0.1, 0.15) is 0 Å². The number of nitrogens with two attached hydrogens (primary N) is 1. The van der Waals surface area contributed by atoms with E-state index in [1.807, 2.05) is 0 Å². The zero-order chi connectivity index (χ0) is 16.3. The maximum absolute atomic E-state index is 13.0. The highest BCUT2D eigenvalue weighted by molar-refractivity contribution is 5.76. The number of halogens is 3. The van der Waals surface area contributed by atoms with Crippen LogP contribution < -0.4 is 5.73 Å². The van der Waals surface area contributed by atoms with Crippen LogP contribution in [0.5, 0.6) is 0 Å². The summed E-state index contributed by atoms with van der Waals surface area (Å²) in [5.41, 5.74) is 5.37. The Bertz CT molecular complexity index is 530. The monoisotopic (exact) mass is 314 g/mol. The quantitative estimate of drug-likeness (QED) is 0.928. The summed E-state index contributed by atoms with van der Waals surface area (Å²) in [7, 11) is 1.54. The van der Waals surface area contributed by atoms with E-state index in [9.17, 15) is 18.0 Å². The van der Waals surface area contributed by atoms with Gasteiger partial charge in [-0.15, -0.1) is 0 Å². The lowest BCUT2D eigenvalue weighted by molar-refractivity contribution is -0.139. The van der Waals surface area contributed by atoms with Gasteiger partial charge in [-0.05, 0) is 30.4 Å². The molecule has 1 amide bonds. The van der Waals surface area contributed by atoms with Crippen molar-refractivity contribution in [1.82, 2.24) is 4.90 Å². The second-order valence-electron chi connectivity index (χ2n) is 5.96. The Balaban J connectivity index is 2.02. The van der Waals surface area contributed by atoms with Crippen molar-refractivity contribution in [2.75, 3.05) is 7.05 Å². The average molecular weight is 314 g/mol.